The van der Waals surface area contributed by atoms with E-state index in [1.807, 2.05) is 12.2 Å². The van der Waals surface area contributed by atoms with Crippen LogP contribution in [0.3, 0.4) is 0 Å². The molecule has 0 spiro atoms. The van der Waals surface area contributed by atoms with Crippen molar-refractivity contribution in [1.82, 2.24) is 0 Å². The first-order valence-electron chi connectivity index (χ1n) is 39.8. The Balaban J connectivity index is 5.46. The van der Waals surface area contributed by atoms with Gasteiger partial charge in [0, 0.05) is 25.7 Å². The second-order valence-electron chi connectivity index (χ2n) is 26.4. The van der Waals surface area contributed by atoms with Crippen LogP contribution in [0.4, 0.5) is 0 Å². The van der Waals surface area contributed by atoms with Gasteiger partial charge in [-0.15, -0.1) is 0 Å². The van der Waals surface area contributed by atoms with E-state index in [-0.39, 0.29) is 25.7 Å². The molecule has 586 valence electrons. The number of hydrogen-bond acceptors (Lipinski definition) is 15. The molecule has 5 atom stereocenters. The smallest absolute Gasteiger partial charge is 0.462 e. The fraction of sp³-hybridized carbons (Fsp3) is 0.711. The van der Waals surface area contributed by atoms with E-state index in [0.29, 0.717) is 32.1 Å². The number of carbonyl (C=O) groups excluding carboxylic acids is 4. The normalized spacial score (nSPS) is 14.5. The van der Waals surface area contributed by atoms with Gasteiger partial charge in [-0.05, 0) is 141 Å². The molecule has 0 aliphatic rings. The summed E-state index contributed by atoms with van der Waals surface area (Å²) in [5.74, 6) is -2.29. The molecule has 102 heavy (non-hydrogen) atoms. The molecule has 0 aliphatic heterocycles. The van der Waals surface area contributed by atoms with Crippen LogP contribution in [0, 0.1) is 0 Å². The lowest BCUT2D eigenvalue weighted by Gasteiger charge is -2.21. The first-order valence-corrected chi connectivity index (χ1v) is 42.8. The molecule has 0 aromatic heterocycles. The number of aliphatic hydroxyl groups is 1. The van der Waals surface area contributed by atoms with Gasteiger partial charge >= 0.3 is 39.5 Å². The fourth-order valence-corrected chi connectivity index (χ4v) is 11.9. The number of hydrogen-bond donors (Lipinski definition) is 3. The van der Waals surface area contributed by atoms with Crippen LogP contribution in [-0.2, 0) is 65.4 Å². The number of phosphoric acid groups is 2. The minimum atomic E-state index is -5.00. The zero-order valence-electron chi connectivity index (χ0n) is 64.0. The molecular formula is C83H142O17P2. The number of allylic oxidation sites excluding steroid dienone is 20. The second-order valence-corrected chi connectivity index (χ2v) is 29.3. The monoisotopic (exact) mass is 1470 g/mol. The zero-order chi connectivity index (χ0) is 74.6. The standard InChI is InChI=1S/C83H142O17P2/c1-5-9-13-17-21-25-29-33-37-38-42-46-50-54-58-62-66-70-83(88)100-79(74-94-81(86)68-64-60-56-52-48-44-40-35-31-27-23-19-15-11-7-3)76-98-102(91,92)96-72-77(84)71-95-101(89,90)97-75-78(99-82(87)69-65-61-57-53-49-45-41-36-32-28-24-20-16-12-8-4)73-93-80(85)67-63-59-55-51-47-43-39-34-30-26-22-18-14-10-6-2/h21,25-28,30-37,39-42,46,54,58,77-79,84H,5-20,22-24,29,38,43-45,47-53,55-57,59-76H2,1-4H3,(H,89,90)(H,91,92)/b25-21-,30-26-,31-27-,32-28-,37-33-,39-34-,40-35-,41-36-,46-42-,58-54-/t77-,78-,79-/m1/s1. The van der Waals surface area contributed by atoms with Crippen LogP contribution in [0.25, 0.3) is 0 Å². The Morgan fingerprint density at radius 1 is 0.284 bits per heavy atom. The molecule has 0 aromatic rings. The van der Waals surface area contributed by atoms with Crippen LogP contribution in [-0.4, -0.2) is 96.7 Å². The second kappa shape index (κ2) is 74.7. The van der Waals surface area contributed by atoms with Crippen molar-refractivity contribution < 1.29 is 80.2 Å². The summed E-state index contributed by atoms with van der Waals surface area (Å²) >= 11 is 0. The third kappa shape index (κ3) is 73.8. The summed E-state index contributed by atoms with van der Waals surface area (Å²) in [6, 6.07) is 0. The van der Waals surface area contributed by atoms with E-state index in [1.54, 1.807) is 0 Å². The Labute approximate surface area is 619 Å². The lowest BCUT2D eigenvalue weighted by Crippen LogP contribution is -2.30. The van der Waals surface area contributed by atoms with Crippen LogP contribution in [0.2, 0.25) is 0 Å². The molecule has 0 amide bonds. The maximum absolute atomic E-state index is 13.1. The number of aliphatic hydroxyl groups excluding tert-OH is 1. The molecule has 0 aliphatic carbocycles. The zero-order valence-corrected chi connectivity index (χ0v) is 65.8. The number of phosphoric ester groups is 2. The van der Waals surface area contributed by atoms with E-state index in [4.69, 9.17) is 37.0 Å². The number of ether oxygens (including phenoxy) is 4. The highest BCUT2D eigenvalue weighted by Gasteiger charge is 2.30. The fourth-order valence-electron chi connectivity index (χ4n) is 10.3. The first kappa shape index (κ1) is 97.5. The average Bonchev–Trinajstić information content (AvgIpc) is 0.917. The molecule has 0 saturated heterocycles. The Morgan fingerprint density at radius 3 is 0.853 bits per heavy atom. The quantitative estimate of drug-likeness (QED) is 0.0128. The van der Waals surface area contributed by atoms with E-state index in [0.717, 1.165) is 141 Å². The molecule has 0 aromatic carbocycles. The van der Waals surface area contributed by atoms with Gasteiger partial charge in [-0.3, -0.25) is 37.3 Å². The number of esters is 4. The van der Waals surface area contributed by atoms with E-state index < -0.39 is 97.5 Å². The van der Waals surface area contributed by atoms with E-state index in [9.17, 15) is 43.2 Å². The van der Waals surface area contributed by atoms with Gasteiger partial charge < -0.3 is 33.8 Å². The van der Waals surface area contributed by atoms with Gasteiger partial charge in [0.05, 0.1) is 26.4 Å². The Hall–Kier alpha value is -4.54. The van der Waals surface area contributed by atoms with Gasteiger partial charge in [0.2, 0.25) is 0 Å². The van der Waals surface area contributed by atoms with Crippen molar-refractivity contribution >= 4 is 39.5 Å². The number of unbranched alkanes of at least 4 members (excludes halogenated alkanes) is 31. The van der Waals surface area contributed by atoms with Crippen molar-refractivity contribution in [3.8, 4) is 0 Å². The molecule has 0 bridgehead atoms. The van der Waals surface area contributed by atoms with Crippen molar-refractivity contribution in [2.24, 2.45) is 0 Å². The molecule has 3 N–H and O–H groups in total. The lowest BCUT2D eigenvalue weighted by molar-refractivity contribution is -0.161. The maximum atomic E-state index is 13.1. The molecule has 0 heterocycles. The van der Waals surface area contributed by atoms with Crippen LogP contribution in [0.5, 0.6) is 0 Å². The van der Waals surface area contributed by atoms with Gasteiger partial charge in [-0.2, -0.15) is 0 Å². The SMILES string of the molecule is CCCCC/C=C\C/C=C\C/C=C\C/C=C\CCCC(=O)O[C@H](COC(=O)CCCCCCC/C=C\C=C/CCCCCC)COP(=O)(O)OC[C@H](O)COP(=O)(O)OC[C@@H](COC(=O)CCCCCCC/C=C\C=C/CCCCCC)OC(=O)CCCCCCC/C=C\C=C/CCCCCC. The van der Waals surface area contributed by atoms with Gasteiger partial charge in [0.1, 0.15) is 19.3 Å². The largest absolute Gasteiger partial charge is 0.472 e. The van der Waals surface area contributed by atoms with Crippen LogP contribution in [0.15, 0.2) is 122 Å². The van der Waals surface area contributed by atoms with E-state index >= 15 is 0 Å². The van der Waals surface area contributed by atoms with Gasteiger partial charge in [0.25, 0.3) is 0 Å². The van der Waals surface area contributed by atoms with E-state index in [1.165, 1.54) is 96.3 Å². The summed E-state index contributed by atoms with van der Waals surface area (Å²) in [7, 11) is -9.99. The third-order valence-electron chi connectivity index (χ3n) is 16.5. The molecule has 0 fully saturated rings. The highest BCUT2D eigenvalue weighted by atomic mass is 31.2. The van der Waals surface area contributed by atoms with Crippen molar-refractivity contribution in [2.45, 2.75) is 341 Å². The Kier molecular flexibility index (Phi) is 71.4. The van der Waals surface area contributed by atoms with Gasteiger partial charge in [-0.1, -0.05) is 278 Å². The molecule has 2 unspecified atom stereocenters. The number of rotatable bonds is 74. The summed E-state index contributed by atoms with van der Waals surface area (Å²) in [6.45, 7) is 4.68. The van der Waals surface area contributed by atoms with Crippen LogP contribution in [0.1, 0.15) is 323 Å². The Bertz CT molecular complexity index is 2410. The topological polar surface area (TPSA) is 237 Å². The Morgan fingerprint density at radius 2 is 0.520 bits per heavy atom. The van der Waals surface area contributed by atoms with Crippen LogP contribution >= 0.6 is 15.6 Å². The molecule has 0 radical (unpaired) electrons. The predicted octanol–water partition coefficient (Wildman–Crippen LogP) is 23.1. The predicted molar refractivity (Wildman–Crippen MR) is 418 cm³/mol. The van der Waals surface area contributed by atoms with Gasteiger partial charge in [0.15, 0.2) is 12.2 Å². The highest BCUT2D eigenvalue weighted by molar-refractivity contribution is 7.47. The third-order valence-corrected chi connectivity index (χ3v) is 18.4. The average molecular weight is 1470 g/mol. The van der Waals surface area contributed by atoms with Gasteiger partial charge in [-0.25, -0.2) is 9.13 Å². The summed E-state index contributed by atoms with van der Waals surface area (Å²) in [6.07, 6.45) is 81.8. The number of carbonyl (C=O) groups is 4. The first-order chi connectivity index (χ1) is 49.7. The maximum Gasteiger partial charge on any atom is 0.472 e. The summed E-state index contributed by atoms with van der Waals surface area (Å²) < 4.78 is 68.5. The van der Waals surface area contributed by atoms with Crippen molar-refractivity contribution in [3.63, 3.8) is 0 Å². The lowest BCUT2D eigenvalue weighted by atomic mass is 10.1. The summed E-state index contributed by atoms with van der Waals surface area (Å²) in [5.41, 5.74) is 0. The van der Waals surface area contributed by atoms with E-state index in [2.05, 4.69) is 137 Å². The molecular weight excluding hydrogens is 1330 g/mol. The van der Waals surface area contributed by atoms with Crippen LogP contribution < -0.4 is 0 Å². The molecule has 19 heteroatoms. The van der Waals surface area contributed by atoms with Crippen molar-refractivity contribution in [2.75, 3.05) is 39.6 Å². The molecule has 0 rings (SSSR count). The van der Waals surface area contributed by atoms with Crippen molar-refractivity contribution in [3.05, 3.63) is 122 Å². The molecule has 17 nitrogen and oxygen atoms in total. The summed E-state index contributed by atoms with van der Waals surface area (Å²) in [4.78, 5) is 73.0. The minimum absolute atomic E-state index is 0.0132. The molecule has 0 saturated carbocycles. The summed E-state index contributed by atoms with van der Waals surface area (Å²) in [5, 5.41) is 10.6. The highest BCUT2D eigenvalue weighted by Crippen LogP contribution is 2.45. The minimum Gasteiger partial charge on any atom is -0.462 e. The van der Waals surface area contributed by atoms with Crippen molar-refractivity contribution in [1.29, 1.82) is 0 Å².